The van der Waals surface area contributed by atoms with E-state index in [9.17, 15) is 0 Å². The van der Waals surface area contributed by atoms with E-state index >= 15 is 0 Å². The van der Waals surface area contributed by atoms with Crippen LogP contribution in [0.2, 0.25) is 0 Å². The van der Waals surface area contributed by atoms with Gasteiger partial charge in [0.25, 0.3) is 0 Å². The Morgan fingerprint density at radius 3 is 2.81 bits per heavy atom. The van der Waals surface area contributed by atoms with Gasteiger partial charge in [-0.3, -0.25) is 10.1 Å². The van der Waals surface area contributed by atoms with E-state index in [2.05, 4.69) is 74.4 Å². The average Bonchev–Trinajstić information content (AvgIpc) is 3.64. The van der Waals surface area contributed by atoms with Crippen molar-refractivity contribution in [3.63, 3.8) is 0 Å². The summed E-state index contributed by atoms with van der Waals surface area (Å²) in [5.41, 5.74) is 9.31. The molecule has 0 atom stereocenters. The molecule has 0 aliphatic heterocycles. The Bertz CT molecular complexity index is 1680. The molecule has 5 aromatic heterocycles. The Labute approximate surface area is 219 Å². The minimum absolute atomic E-state index is 0.548. The molecule has 1 aliphatic rings. The van der Waals surface area contributed by atoms with Crippen molar-refractivity contribution in [2.75, 3.05) is 0 Å². The first kappa shape index (κ1) is 23.2. The predicted octanol–water partition coefficient (Wildman–Crippen LogP) is 7.61. The molecule has 6 nitrogen and oxygen atoms in total. The molecule has 7 heteroatoms. The molecule has 0 saturated heterocycles. The first-order valence-electron chi connectivity index (χ1n) is 12.5. The average molecular weight is 505 g/mol. The second-order valence-corrected chi connectivity index (χ2v) is 10.2. The standard InChI is InChI=1S/C30H28N6S/c1-4-19(14-21(5-2)32-18(3)20-8-6-9-20)24-11-12-25-29(34-24)30(36-35-25)26-15-22-23(28-10-7-13-37-28)16-31-17-27(22)33-26/h4-5,7,10-17,20,32-33H,2-3,6,8-9H2,1H3,(H,35,36)/b19-4+,21-14+. The molecular formula is C30H28N6S. The summed E-state index contributed by atoms with van der Waals surface area (Å²) in [7, 11) is 0. The Balaban J connectivity index is 1.37. The van der Waals surface area contributed by atoms with E-state index in [0.717, 1.165) is 61.5 Å². The normalized spacial score (nSPS) is 14.7. The number of rotatable bonds is 8. The second-order valence-electron chi connectivity index (χ2n) is 9.30. The van der Waals surface area contributed by atoms with E-state index in [1.165, 1.54) is 24.1 Å². The smallest absolute Gasteiger partial charge is 0.135 e. The number of aromatic amines is 2. The van der Waals surface area contributed by atoms with Crippen LogP contribution in [0.1, 0.15) is 31.9 Å². The maximum Gasteiger partial charge on any atom is 0.135 e. The van der Waals surface area contributed by atoms with Gasteiger partial charge in [0, 0.05) is 33.4 Å². The minimum Gasteiger partial charge on any atom is -0.359 e. The zero-order valence-electron chi connectivity index (χ0n) is 20.7. The number of hydrogen-bond acceptors (Lipinski definition) is 5. The minimum atomic E-state index is 0.548. The van der Waals surface area contributed by atoms with E-state index in [4.69, 9.17) is 4.98 Å². The van der Waals surface area contributed by atoms with E-state index < -0.39 is 0 Å². The molecule has 0 bridgehead atoms. The van der Waals surface area contributed by atoms with Gasteiger partial charge < -0.3 is 10.3 Å². The first-order valence-corrected chi connectivity index (χ1v) is 13.4. The second kappa shape index (κ2) is 9.67. The largest absolute Gasteiger partial charge is 0.359 e. The van der Waals surface area contributed by atoms with Gasteiger partial charge in [-0.15, -0.1) is 11.3 Å². The summed E-state index contributed by atoms with van der Waals surface area (Å²) in [5, 5.41) is 14.4. The maximum atomic E-state index is 5.03. The zero-order valence-corrected chi connectivity index (χ0v) is 21.5. The molecule has 5 heterocycles. The van der Waals surface area contributed by atoms with Crippen LogP contribution in [0, 0.1) is 5.92 Å². The van der Waals surface area contributed by atoms with Gasteiger partial charge in [0.05, 0.1) is 28.6 Å². The van der Waals surface area contributed by atoms with Crippen LogP contribution in [0.3, 0.4) is 0 Å². The quantitative estimate of drug-likeness (QED) is 0.190. The van der Waals surface area contributed by atoms with Crippen molar-refractivity contribution < 1.29 is 0 Å². The molecule has 0 unspecified atom stereocenters. The van der Waals surface area contributed by atoms with E-state index in [0.29, 0.717) is 5.92 Å². The molecule has 1 fully saturated rings. The van der Waals surface area contributed by atoms with Gasteiger partial charge in [-0.05, 0) is 73.1 Å². The van der Waals surface area contributed by atoms with Crippen LogP contribution in [0.4, 0.5) is 0 Å². The van der Waals surface area contributed by atoms with Crippen LogP contribution < -0.4 is 5.32 Å². The molecule has 5 aromatic rings. The Morgan fingerprint density at radius 2 is 2.08 bits per heavy atom. The van der Waals surface area contributed by atoms with Gasteiger partial charge in [-0.1, -0.05) is 31.7 Å². The van der Waals surface area contributed by atoms with E-state index in [1.54, 1.807) is 11.3 Å². The third-order valence-electron chi connectivity index (χ3n) is 7.04. The van der Waals surface area contributed by atoms with Crippen LogP contribution >= 0.6 is 11.3 Å². The summed E-state index contributed by atoms with van der Waals surface area (Å²) < 4.78 is 0. The van der Waals surface area contributed by atoms with Gasteiger partial charge in [-0.25, -0.2) is 4.98 Å². The van der Waals surface area contributed by atoms with Crippen LogP contribution in [-0.2, 0) is 0 Å². The predicted molar refractivity (Wildman–Crippen MR) is 154 cm³/mol. The molecule has 37 heavy (non-hydrogen) atoms. The van der Waals surface area contributed by atoms with Crippen LogP contribution in [0.25, 0.3) is 49.3 Å². The molecule has 184 valence electrons. The van der Waals surface area contributed by atoms with Crippen LogP contribution in [0.15, 0.2) is 90.9 Å². The maximum absolute atomic E-state index is 5.03. The Morgan fingerprint density at radius 1 is 1.19 bits per heavy atom. The lowest BCUT2D eigenvalue weighted by atomic mass is 9.83. The number of allylic oxidation sites excluding steroid dienone is 5. The van der Waals surface area contributed by atoms with Gasteiger partial charge in [0.1, 0.15) is 11.2 Å². The monoisotopic (exact) mass is 504 g/mol. The number of fused-ring (bicyclic) bond motifs is 2. The number of hydrogen-bond donors (Lipinski definition) is 3. The molecule has 0 amide bonds. The summed E-state index contributed by atoms with van der Waals surface area (Å²) >= 11 is 1.71. The van der Waals surface area contributed by atoms with Crippen molar-refractivity contribution >= 4 is 38.8 Å². The first-order chi connectivity index (χ1) is 18.1. The fourth-order valence-electron chi connectivity index (χ4n) is 4.72. The highest BCUT2D eigenvalue weighted by Crippen LogP contribution is 2.35. The fourth-order valence-corrected chi connectivity index (χ4v) is 5.47. The molecule has 0 aromatic carbocycles. The fraction of sp³-hybridized carbons (Fsp3) is 0.167. The molecule has 1 saturated carbocycles. The highest BCUT2D eigenvalue weighted by molar-refractivity contribution is 7.13. The topological polar surface area (TPSA) is 82.3 Å². The molecule has 0 radical (unpaired) electrons. The number of nitrogens with one attached hydrogen (secondary N) is 3. The van der Waals surface area contributed by atoms with Gasteiger partial charge in [0.15, 0.2) is 0 Å². The summed E-state index contributed by atoms with van der Waals surface area (Å²) in [6.45, 7) is 10.3. The molecule has 0 spiro atoms. The van der Waals surface area contributed by atoms with E-state index in [-0.39, 0.29) is 0 Å². The number of nitrogens with zero attached hydrogens (tertiary/aromatic N) is 3. The van der Waals surface area contributed by atoms with Gasteiger partial charge in [-0.2, -0.15) is 5.10 Å². The summed E-state index contributed by atoms with van der Waals surface area (Å²) in [6.07, 6.45) is 13.4. The third-order valence-corrected chi connectivity index (χ3v) is 7.94. The van der Waals surface area contributed by atoms with Crippen molar-refractivity contribution in [1.82, 2.24) is 30.5 Å². The molecule has 3 N–H and O–H groups in total. The summed E-state index contributed by atoms with van der Waals surface area (Å²) in [4.78, 5) is 14.2. The van der Waals surface area contributed by atoms with Crippen molar-refractivity contribution in [3.05, 3.63) is 96.6 Å². The SMILES string of the molecule is C=C/C(=C\C(=C/C)c1ccc2[nH]nc(-c3cc4c(-c5cccs5)cncc4[nH]3)c2n1)NC(=C)C1CCC1. The summed E-state index contributed by atoms with van der Waals surface area (Å²) in [6, 6.07) is 10.4. The molecule has 6 rings (SSSR count). The summed E-state index contributed by atoms with van der Waals surface area (Å²) in [5.74, 6) is 0.548. The van der Waals surface area contributed by atoms with Crippen molar-refractivity contribution in [3.8, 4) is 21.8 Å². The highest BCUT2D eigenvalue weighted by atomic mass is 32.1. The highest BCUT2D eigenvalue weighted by Gasteiger charge is 2.21. The number of thiophene rings is 1. The third kappa shape index (κ3) is 4.32. The van der Waals surface area contributed by atoms with Crippen molar-refractivity contribution in [2.45, 2.75) is 26.2 Å². The molecular weight excluding hydrogens is 476 g/mol. The zero-order chi connectivity index (χ0) is 25.4. The lowest BCUT2D eigenvalue weighted by Gasteiger charge is -2.28. The van der Waals surface area contributed by atoms with Crippen LogP contribution in [0.5, 0.6) is 0 Å². The van der Waals surface area contributed by atoms with Gasteiger partial charge >= 0.3 is 0 Å². The number of aromatic nitrogens is 5. The Kier molecular flexibility index (Phi) is 6.06. The Hall–Kier alpha value is -4.23. The number of H-pyrrole nitrogens is 2. The van der Waals surface area contributed by atoms with Gasteiger partial charge in [0.2, 0.25) is 0 Å². The van der Waals surface area contributed by atoms with E-state index in [1.807, 2.05) is 37.5 Å². The van der Waals surface area contributed by atoms with Crippen LogP contribution in [-0.4, -0.2) is 25.1 Å². The lowest BCUT2D eigenvalue weighted by molar-refractivity contribution is 0.356. The van der Waals surface area contributed by atoms with Crippen molar-refractivity contribution in [1.29, 1.82) is 0 Å². The molecule has 1 aliphatic carbocycles. The van der Waals surface area contributed by atoms with Crippen molar-refractivity contribution in [2.24, 2.45) is 5.92 Å². The number of pyridine rings is 2. The lowest BCUT2D eigenvalue weighted by Crippen LogP contribution is -2.23.